The van der Waals surface area contributed by atoms with E-state index in [-0.39, 0.29) is 5.91 Å². The van der Waals surface area contributed by atoms with Crippen LogP contribution in [-0.4, -0.2) is 25.7 Å². The van der Waals surface area contributed by atoms with E-state index in [1.165, 1.54) is 12.8 Å². The molecule has 1 rings (SSSR count). The number of hydrogen-bond donors (Lipinski definition) is 1. The van der Waals surface area contributed by atoms with Crippen LogP contribution in [0.5, 0.6) is 0 Å². The van der Waals surface area contributed by atoms with E-state index in [1.54, 1.807) is 7.11 Å². The molecule has 1 aliphatic rings. The third-order valence-corrected chi connectivity index (χ3v) is 2.91. The van der Waals surface area contributed by atoms with Gasteiger partial charge in [-0.1, -0.05) is 6.92 Å². The standard InChI is InChI=1S/C11H21NO2/c1-9-3-5-10(6-4-9)12-11(13)7-8-14-2/h9-10H,3-8H2,1-2H3,(H,12,13). The van der Waals surface area contributed by atoms with Gasteiger partial charge in [0.1, 0.15) is 0 Å². The number of hydrogen-bond acceptors (Lipinski definition) is 2. The quantitative estimate of drug-likeness (QED) is 0.748. The summed E-state index contributed by atoms with van der Waals surface area (Å²) in [5, 5.41) is 3.06. The zero-order valence-corrected chi connectivity index (χ0v) is 9.21. The van der Waals surface area contributed by atoms with Gasteiger partial charge in [0, 0.05) is 19.6 Å². The molecule has 0 atom stereocenters. The van der Waals surface area contributed by atoms with Crippen LogP contribution in [0.2, 0.25) is 0 Å². The lowest BCUT2D eigenvalue weighted by Gasteiger charge is -2.26. The largest absolute Gasteiger partial charge is 0.384 e. The van der Waals surface area contributed by atoms with Crippen molar-refractivity contribution in [3.8, 4) is 0 Å². The molecule has 0 heterocycles. The van der Waals surface area contributed by atoms with Crippen molar-refractivity contribution >= 4 is 5.91 Å². The molecule has 3 nitrogen and oxygen atoms in total. The Hall–Kier alpha value is -0.570. The summed E-state index contributed by atoms with van der Waals surface area (Å²) in [7, 11) is 1.62. The zero-order valence-electron chi connectivity index (χ0n) is 9.21. The van der Waals surface area contributed by atoms with Gasteiger partial charge < -0.3 is 10.1 Å². The average molecular weight is 199 g/mol. The monoisotopic (exact) mass is 199 g/mol. The van der Waals surface area contributed by atoms with E-state index in [2.05, 4.69) is 12.2 Å². The molecule has 0 unspecified atom stereocenters. The number of rotatable bonds is 4. The van der Waals surface area contributed by atoms with Crippen molar-refractivity contribution in [2.45, 2.75) is 45.1 Å². The lowest BCUT2D eigenvalue weighted by molar-refractivity contribution is -0.122. The number of carbonyl (C=O) groups is 1. The van der Waals surface area contributed by atoms with Crippen molar-refractivity contribution in [2.75, 3.05) is 13.7 Å². The molecule has 14 heavy (non-hydrogen) atoms. The smallest absolute Gasteiger partial charge is 0.222 e. The molecule has 0 aromatic carbocycles. The van der Waals surface area contributed by atoms with Gasteiger partial charge in [-0.2, -0.15) is 0 Å². The van der Waals surface area contributed by atoms with E-state index in [4.69, 9.17) is 4.74 Å². The summed E-state index contributed by atoms with van der Waals surface area (Å²) in [6.45, 7) is 2.80. The zero-order chi connectivity index (χ0) is 10.4. The second-order valence-corrected chi connectivity index (χ2v) is 4.27. The van der Waals surface area contributed by atoms with Crippen molar-refractivity contribution in [1.82, 2.24) is 5.32 Å². The highest BCUT2D eigenvalue weighted by atomic mass is 16.5. The van der Waals surface area contributed by atoms with Crippen LogP contribution < -0.4 is 5.32 Å². The molecular weight excluding hydrogens is 178 g/mol. The lowest BCUT2D eigenvalue weighted by Crippen LogP contribution is -2.37. The predicted molar refractivity (Wildman–Crippen MR) is 56.1 cm³/mol. The van der Waals surface area contributed by atoms with Gasteiger partial charge in [0.25, 0.3) is 0 Å². The Bertz CT molecular complexity index is 174. The van der Waals surface area contributed by atoms with Gasteiger partial charge >= 0.3 is 0 Å². The molecule has 3 heteroatoms. The van der Waals surface area contributed by atoms with Crippen LogP contribution in [0.1, 0.15) is 39.0 Å². The Morgan fingerprint density at radius 3 is 2.57 bits per heavy atom. The summed E-state index contributed by atoms with van der Waals surface area (Å²) in [6.07, 6.45) is 5.26. The molecule has 1 N–H and O–H groups in total. The molecule has 82 valence electrons. The maximum Gasteiger partial charge on any atom is 0.222 e. The first-order valence-electron chi connectivity index (χ1n) is 5.50. The van der Waals surface area contributed by atoms with E-state index < -0.39 is 0 Å². The number of carbonyl (C=O) groups excluding carboxylic acids is 1. The van der Waals surface area contributed by atoms with Gasteiger partial charge in [-0.05, 0) is 31.6 Å². The first-order chi connectivity index (χ1) is 6.72. The third-order valence-electron chi connectivity index (χ3n) is 2.91. The lowest BCUT2D eigenvalue weighted by atomic mass is 9.87. The highest BCUT2D eigenvalue weighted by molar-refractivity contribution is 5.76. The van der Waals surface area contributed by atoms with Crippen molar-refractivity contribution in [2.24, 2.45) is 5.92 Å². The Balaban J connectivity index is 2.14. The van der Waals surface area contributed by atoms with Crippen LogP contribution in [0.4, 0.5) is 0 Å². The molecule has 1 fully saturated rings. The molecule has 1 amide bonds. The van der Waals surface area contributed by atoms with E-state index in [0.29, 0.717) is 19.1 Å². The van der Waals surface area contributed by atoms with Crippen LogP contribution in [0.15, 0.2) is 0 Å². The molecule has 0 aliphatic heterocycles. The minimum absolute atomic E-state index is 0.131. The minimum atomic E-state index is 0.131. The molecule has 1 aliphatic carbocycles. The summed E-state index contributed by atoms with van der Waals surface area (Å²) in [5.41, 5.74) is 0. The number of ether oxygens (including phenoxy) is 1. The molecule has 0 bridgehead atoms. The molecule has 0 radical (unpaired) electrons. The van der Waals surface area contributed by atoms with Gasteiger partial charge in [0.05, 0.1) is 6.61 Å². The van der Waals surface area contributed by atoms with E-state index in [0.717, 1.165) is 18.8 Å². The van der Waals surface area contributed by atoms with Crippen LogP contribution in [0, 0.1) is 5.92 Å². The Morgan fingerprint density at radius 1 is 1.36 bits per heavy atom. The summed E-state index contributed by atoms with van der Waals surface area (Å²) in [6, 6.07) is 0.413. The van der Waals surface area contributed by atoms with Crippen molar-refractivity contribution in [1.29, 1.82) is 0 Å². The molecule has 0 spiro atoms. The summed E-state index contributed by atoms with van der Waals surface area (Å²) in [5.74, 6) is 0.966. The summed E-state index contributed by atoms with van der Waals surface area (Å²) < 4.78 is 4.86. The molecule has 0 saturated heterocycles. The third kappa shape index (κ3) is 4.09. The van der Waals surface area contributed by atoms with Crippen LogP contribution in [0.3, 0.4) is 0 Å². The fourth-order valence-electron chi connectivity index (χ4n) is 1.90. The molecular formula is C11H21NO2. The fraction of sp³-hybridized carbons (Fsp3) is 0.909. The van der Waals surface area contributed by atoms with Crippen LogP contribution in [-0.2, 0) is 9.53 Å². The first kappa shape index (κ1) is 11.5. The van der Waals surface area contributed by atoms with Crippen molar-refractivity contribution < 1.29 is 9.53 Å². The summed E-state index contributed by atoms with van der Waals surface area (Å²) in [4.78, 5) is 11.4. The van der Waals surface area contributed by atoms with Crippen LogP contribution >= 0.6 is 0 Å². The minimum Gasteiger partial charge on any atom is -0.384 e. The predicted octanol–water partition coefficient (Wildman–Crippen LogP) is 1.72. The number of nitrogens with one attached hydrogen (secondary N) is 1. The molecule has 0 aromatic rings. The highest BCUT2D eigenvalue weighted by Crippen LogP contribution is 2.23. The van der Waals surface area contributed by atoms with Crippen molar-refractivity contribution in [3.05, 3.63) is 0 Å². The van der Waals surface area contributed by atoms with E-state index >= 15 is 0 Å². The number of amides is 1. The maximum absolute atomic E-state index is 11.4. The second kappa shape index (κ2) is 6.02. The van der Waals surface area contributed by atoms with Gasteiger partial charge in [0.15, 0.2) is 0 Å². The van der Waals surface area contributed by atoms with Gasteiger partial charge in [-0.25, -0.2) is 0 Å². The van der Waals surface area contributed by atoms with Gasteiger partial charge in [-0.3, -0.25) is 4.79 Å². The van der Waals surface area contributed by atoms with E-state index in [9.17, 15) is 4.79 Å². The molecule has 0 aromatic heterocycles. The molecule has 1 saturated carbocycles. The fourth-order valence-corrected chi connectivity index (χ4v) is 1.90. The van der Waals surface area contributed by atoms with Crippen molar-refractivity contribution in [3.63, 3.8) is 0 Å². The Morgan fingerprint density at radius 2 is 2.00 bits per heavy atom. The SMILES string of the molecule is COCCC(=O)NC1CCC(C)CC1. The topological polar surface area (TPSA) is 38.3 Å². The van der Waals surface area contributed by atoms with Gasteiger partial charge in [0.2, 0.25) is 5.91 Å². The normalized spacial score (nSPS) is 27.3. The maximum atomic E-state index is 11.4. The Labute approximate surface area is 86.2 Å². The van der Waals surface area contributed by atoms with Crippen LogP contribution in [0.25, 0.3) is 0 Å². The average Bonchev–Trinajstić information content (AvgIpc) is 2.18. The first-order valence-corrected chi connectivity index (χ1v) is 5.50. The number of methoxy groups -OCH3 is 1. The van der Waals surface area contributed by atoms with E-state index in [1.807, 2.05) is 0 Å². The highest BCUT2D eigenvalue weighted by Gasteiger charge is 2.19. The van der Waals surface area contributed by atoms with Gasteiger partial charge in [-0.15, -0.1) is 0 Å². The summed E-state index contributed by atoms with van der Waals surface area (Å²) >= 11 is 0. The second-order valence-electron chi connectivity index (χ2n) is 4.27. The Kier molecular flexibility index (Phi) is 4.94.